The Hall–Kier alpha value is -0.410. The molecule has 7 heteroatoms. The monoisotopic (exact) mass is 438 g/mol. The normalized spacial score (nSPS) is 21.5. The number of aliphatic hydroxyl groups is 1. The number of nitrogens with one attached hydrogen (secondary N) is 2. The molecule has 1 saturated carbocycles. The van der Waals surface area contributed by atoms with Gasteiger partial charge in [0.05, 0.1) is 16.8 Å². The van der Waals surface area contributed by atoms with Crippen LogP contribution in [0.25, 0.3) is 0 Å². The molecule has 1 aromatic rings. The molecule has 0 aromatic carbocycles. The maximum absolute atomic E-state index is 9.82. The molecular formula is C15H27IN4OS. The summed E-state index contributed by atoms with van der Waals surface area (Å²) in [6, 6.07) is 0. The first-order chi connectivity index (χ1) is 10.1. The quantitative estimate of drug-likeness (QED) is 0.375. The first-order valence-corrected chi connectivity index (χ1v) is 8.47. The summed E-state index contributed by atoms with van der Waals surface area (Å²) in [5, 5.41) is 17.6. The van der Waals surface area contributed by atoms with E-state index >= 15 is 0 Å². The van der Waals surface area contributed by atoms with Crippen LogP contribution in [0.5, 0.6) is 0 Å². The van der Waals surface area contributed by atoms with Gasteiger partial charge >= 0.3 is 0 Å². The van der Waals surface area contributed by atoms with Crippen molar-refractivity contribution in [3.8, 4) is 0 Å². The fourth-order valence-corrected chi connectivity index (χ4v) is 3.57. The van der Waals surface area contributed by atoms with Gasteiger partial charge in [-0.1, -0.05) is 6.42 Å². The lowest BCUT2D eigenvalue weighted by molar-refractivity contribution is 0.134. The Balaban J connectivity index is 0.00000242. The lowest BCUT2D eigenvalue weighted by Crippen LogP contribution is -2.41. The predicted molar refractivity (Wildman–Crippen MR) is 103 cm³/mol. The van der Waals surface area contributed by atoms with Crippen molar-refractivity contribution in [2.24, 2.45) is 10.9 Å². The SMILES string of the molecule is CN=C(NCCc1nc(C)c(C)s1)NCC1CCCC1O.I. The van der Waals surface area contributed by atoms with Crippen LogP contribution >= 0.6 is 35.3 Å². The summed E-state index contributed by atoms with van der Waals surface area (Å²) in [6.07, 6.45) is 3.91. The molecule has 22 heavy (non-hydrogen) atoms. The molecule has 0 bridgehead atoms. The van der Waals surface area contributed by atoms with E-state index in [9.17, 15) is 5.11 Å². The van der Waals surface area contributed by atoms with Gasteiger partial charge in [-0.15, -0.1) is 35.3 Å². The average molecular weight is 438 g/mol. The van der Waals surface area contributed by atoms with E-state index in [0.717, 1.165) is 50.4 Å². The molecule has 2 rings (SSSR count). The number of thiazole rings is 1. The maximum atomic E-state index is 9.82. The number of aliphatic imine (C=N–C) groups is 1. The zero-order valence-electron chi connectivity index (χ0n) is 13.6. The van der Waals surface area contributed by atoms with E-state index in [1.165, 1.54) is 9.88 Å². The Bertz CT molecular complexity index is 472. The van der Waals surface area contributed by atoms with Crippen LogP contribution in [0.4, 0.5) is 0 Å². The second-order valence-corrected chi connectivity index (χ2v) is 6.93. The Morgan fingerprint density at radius 3 is 2.68 bits per heavy atom. The van der Waals surface area contributed by atoms with Crippen molar-refractivity contribution in [3.63, 3.8) is 0 Å². The van der Waals surface area contributed by atoms with Crippen LogP contribution in [-0.4, -0.2) is 42.3 Å². The van der Waals surface area contributed by atoms with Crippen molar-refractivity contribution in [2.45, 2.75) is 45.6 Å². The molecule has 0 spiro atoms. The second kappa shape index (κ2) is 9.67. The zero-order chi connectivity index (χ0) is 15.2. The second-order valence-electron chi connectivity index (χ2n) is 5.64. The Labute approximate surface area is 154 Å². The topological polar surface area (TPSA) is 69.5 Å². The smallest absolute Gasteiger partial charge is 0.191 e. The van der Waals surface area contributed by atoms with Gasteiger partial charge in [-0.25, -0.2) is 4.98 Å². The van der Waals surface area contributed by atoms with Gasteiger partial charge in [0, 0.05) is 37.4 Å². The van der Waals surface area contributed by atoms with Crippen molar-refractivity contribution in [3.05, 3.63) is 15.6 Å². The molecule has 1 aliphatic carbocycles. The predicted octanol–water partition coefficient (Wildman–Crippen LogP) is 2.25. The average Bonchev–Trinajstić information content (AvgIpc) is 3.00. The van der Waals surface area contributed by atoms with Crippen LogP contribution in [0.1, 0.15) is 34.8 Å². The molecule has 1 fully saturated rings. The van der Waals surface area contributed by atoms with Crippen LogP contribution < -0.4 is 10.6 Å². The fourth-order valence-electron chi connectivity index (χ4n) is 2.64. The van der Waals surface area contributed by atoms with Gasteiger partial charge in [-0.3, -0.25) is 4.99 Å². The largest absolute Gasteiger partial charge is 0.393 e. The number of hydrogen-bond acceptors (Lipinski definition) is 4. The summed E-state index contributed by atoms with van der Waals surface area (Å²) in [5.74, 6) is 1.16. The van der Waals surface area contributed by atoms with Gasteiger partial charge < -0.3 is 15.7 Å². The van der Waals surface area contributed by atoms with Crippen molar-refractivity contribution in [1.29, 1.82) is 0 Å². The summed E-state index contributed by atoms with van der Waals surface area (Å²) in [6.45, 7) is 5.77. The van der Waals surface area contributed by atoms with Crippen molar-refractivity contribution >= 4 is 41.3 Å². The number of aryl methyl sites for hydroxylation is 2. The molecule has 126 valence electrons. The van der Waals surface area contributed by atoms with Gasteiger partial charge in [0.25, 0.3) is 0 Å². The highest BCUT2D eigenvalue weighted by molar-refractivity contribution is 14.0. The number of nitrogens with zero attached hydrogens (tertiary/aromatic N) is 2. The van der Waals surface area contributed by atoms with Crippen LogP contribution in [0.2, 0.25) is 0 Å². The Kier molecular flexibility index (Phi) is 8.63. The van der Waals surface area contributed by atoms with Gasteiger partial charge in [0.1, 0.15) is 0 Å². The third-order valence-electron chi connectivity index (χ3n) is 4.08. The lowest BCUT2D eigenvalue weighted by atomic mass is 10.1. The molecule has 0 radical (unpaired) electrons. The highest BCUT2D eigenvalue weighted by Crippen LogP contribution is 2.24. The van der Waals surface area contributed by atoms with Gasteiger partial charge in [-0.2, -0.15) is 0 Å². The van der Waals surface area contributed by atoms with E-state index in [2.05, 4.69) is 34.5 Å². The molecule has 1 aliphatic rings. The molecule has 1 aromatic heterocycles. The highest BCUT2D eigenvalue weighted by atomic mass is 127. The minimum absolute atomic E-state index is 0. The van der Waals surface area contributed by atoms with E-state index in [4.69, 9.17) is 0 Å². The highest BCUT2D eigenvalue weighted by Gasteiger charge is 2.24. The summed E-state index contributed by atoms with van der Waals surface area (Å²) < 4.78 is 0. The molecule has 5 nitrogen and oxygen atoms in total. The maximum Gasteiger partial charge on any atom is 0.191 e. The van der Waals surface area contributed by atoms with Gasteiger partial charge in [-0.05, 0) is 26.7 Å². The van der Waals surface area contributed by atoms with Crippen LogP contribution in [0.3, 0.4) is 0 Å². The summed E-state index contributed by atoms with van der Waals surface area (Å²) in [4.78, 5) is 10.1. The number of rotatable bonds is 5. The van der Waals surface area contributed by atoms with Crippen molar-refractivity contribution in [1.82, 2.24) is 15.6 Å². The standard InChI is InChI=1S/C15H26N4OS.HI/c1-10-11(2)21-14(19-10)7-8-17-15(16-3)18-9-12-5-4-6-13(12)20;/h12-13,20H,4-9H2,1-3H3,(H2,16,17,18);1H. The third-order valence-corrected chi connectivity index (χ3v) is 5.21. The third kappa shape index (κ3) is 5.66. The van der Waals surface area contributed by atoms with E-state index in [1.807, 2.05) is 0 Å². The van der Waals surface area contributed by atoms with Gasteiger partial charge in [0.2, 0.25) is 0 Å². The van der Waals surface area contributed by atoms with Crippen LogP contribution in [0, 0.1) is 19.8 Å². The number of hydrogen-bond donors (Lipinski definition) is 3. The van der Waals surface area contributed by atoms with Gasteiger partial charge in [0.15, 0.2) is 5.96 Å². The molecule has 0 aliphatic heterocycles. The van der Waals surface area contributed by atoms with E-state index in [1.54, 1.807) is 18.4 Å². The van der Waals surface area contributed by atoms with E-state index in [0.29, 0.717) is 5.92 Å². The van der Waals surface area contributed by atoms with Crippen LogP contribution in [0.15, 0.2) is 4.99 Å². The fraction of sp³-hybridized carbons (Fsp3) is 0.733. The van der Waals surface area contributed by atoms with E-state index < -0.39 is 0 Å². The van der Waals surface area contributed by atoms with Crippen molar-refractivity contribution < 1.29 is 5.11 Å². The number of guanidine groups is 1. The summed E-state index contributed by atoms with van der Waals surface area (Å²) in [5.41, 5.74) is 1.13. The number of halogens is 1. The van der Waals surface area contributed by atoms with E-state index in [-0.39, 0.29) is 30.1 Å². The molecule has 3 N–H and O–H groups in total. The Morgan fingerprint density at radius 1 is 1.36 bits per heavy atom. The zero-order valence-corrected chi connectivity index (χ0v) is 16.7. The van der Waals surface area contributed by atoms with Crippen molar-refractivity contribution in [2.75, 3.05) is 20.1 Å². The number of aliphatic hydroxyl groups excluding tert-OH is 1. The molecule has 2 atom stereocenters. The minimum Gasteiger partial charge on any atom is -0.393 e. The van der Waals surface area contributed by atoms with Crippen LogP contribution in [-0.2, 0) is 6.42 Å². The Morgan fingerprint density at radius 2 is 2.14 bits per heavy atom. The molecule has 0 saturated heterocycles. The minimum atomic E-state index is -0.156. The molecular weight excluding hydrogens is 411 g/mol. The lowest BCUT2D eigenvalue weighted by Gasteiger charge is -2.17. The first kappa shape index (κ1) is 19.6. The molecule has 2 unspecified atom stereocenters. The summed E-state index contributed by atoms with van der Waals surface area (Å²) >= 11 is 1.76. The molecule has 0 amide bonds. The summed E-state index contributed by atoms with van der Waals surface area (Å²) in [7, 11) is 1.78. The first-order valence-electron chi connectivity index (χ1n) is 7.65. The molecule has 1 heterocycles. The number of aromatic nitrogens is 1.